The fraction of sp³-hybridized carbons (Fsp3) is 0.692. The zero-order valence-corrected chi connectivity index (χ0v) is 11.2. The topological polar surface area (TPSA) is 53.1 Å². The number of likely N-dealkylation sites (N-methyl/N-ethyl adjacent to an activating group) is 1. The highest BCUT2D eigenvalue weighted by molar-refractivity contribution is 5.47. The molecule has 98 valence electrons. The normalized spacial score (nSPS) is 24.0. The molecular formula is C13H21N5. The van der Waals surface area contributed by atoms with Crippen LogP contribution in [0, 0.1) is 0 Å². The summed E-state index contributed by atoms with van der Waals surface area (Å²) in [6, 6.07) is 0. The van der Waals surface area contributed by atoms with E-state index in [-0.39, 0.29) is 0 Å². The summed E-state index contributed by atoms with van der Waals surface area (Å²) < 4.78 is 0. The van der Waals surface area contributed by atoms with E-state index >= 15 is 0 Å². The lowest BCUT2D eigenvalue weighted by atomic mass is 10.0. The fourth-order valence-electron chi connectivity index (χ4n) is 2.84. The van der Waals surface area contributed by atoms with Gasteiger partial charge in [0.25, 0.3) is 0 Å². The van der Waals surface area contributed by atoms with Gasteiger partial charge in [-0.05, 0) is 26.4 Å². The van der Waals surface area contributed by atoms with Gasteiger partial charge in [-0.2, -0.15) is 0 Å². The lowest BCUT2D eigenvalue weighted by Gasteiger charge is -2.26. The molecule has 2 aliphatic rings. The van der Waals surface area contributed by atoms with Gasteiger partial charge < -0.3 is 15.5 Å². The first kappa shape index (κ1) is 11.9. The van der Waals surface area contributed by atoms with Gasteiger partial charge in [0.2, 0.25) is 0 Å². The van der Waals surface area contributed by atoms with E-state index in [0.29, 0.717) is 5.92 Å². The molecule has 0 aromatic carbocycles. The Hall–Kier alpha value is -1.20. The van der Waals surface area contributed by atoms with Crippen molar-refractivity contribution < 1.29 is 0 Å². The van der Waals surface area contributed by atoms with Crippen molar-refractivity contribution in [1.29, 1.82) is 0 Å². The first-order valence-electron chi connectivity index (χ1n) is 6.74. The summed E-state index contributed by atoms with van der Waals surface area (Å²) in [5, 5.41) is 6.63. The number of hydrogen-bond donors (Lipinski definition) is 2. The van der Waals surface area contributed by atoms with Crippen LogP contribution in [0.3, 0.4) is 0 Å². The molecule has 1 saturated heterocycles. The van der Waals surface area contributed by atoms with Gasteiger partial charge in [0, 0.05) is 38.2 Å². The summed E-state index contributed by atoms with van der Waals surface area (Å²) in [6.45, 7) is 4.13. The Balaban J connectivity index is 1.99. The maximum Gasteiger partial charge on any atom is 0.135 e. The number of rotatable bonds is 2. The van der Waals surface area contributed by atoms with Crippen LogP contribution in [-0.4, -0.2) is 48.6 Å². The Labute approximate surface area is 108 Å². The molecule has 0 bridgehead atoms. The Kier molecular flexibility index (Phi) is 3.18. The summed E-state index contributed by atoms with van der Waals surface area (Å²) in [4.78, 5) is 11.9. The number of hydrogen-bond acceptors (Lipinski definition) is 5. The Bertz CT molecular complexity index is 439. The van der Waals surface area contributed by atoms with Crippen molar-refractivity contribution in [2.75, 3.05) is 39.0 Å². The van der Waals surface area contributed by atoms with Crippen LogP contribution in [0.1, 0.15) is 29.4 Å². The Morgan fingerprint density at radius 1 is 1.39 bits per heavy atom. The first-order chi connectivity index (χ1) is 8.78. The molecule has 2 aliphatic heterocycles. The average Bonchev–Trinajstić information content (AvgIpc) is 2.90. The first-order valence-corrected chi connectivity index (χ1v) is 6.74. The Morgan fingerprint density at radius 2 is 2.28 bits per heavy atom. The largest absolute Gasteiger partial charge is 0.373 e. The van der Waals surface area contributed by atoms with E-state index < -0.39 is 0 Å². The average molecular weight is 247 g/mol. The lowest BCUT2D eigenvalue weighted by molar-refractivity contribution is 0.306. The van der Waals surface area contributed by atoms with Gasteiger partial charge in [-0.15, -0.1) is 0 Å². The molecule has 3 rings (SSSR count). The SMILES string of the molecule is CNc1nc([C@@H]2CCNC2)nc2c1CCN(C)C2. The monoisotopic (exact) mass is 247 g/mol. The van der Waals surface area contributed by atoms with E-state index in [4.69, 9.17) is 9.97 Å². The van der Waals surface area contributed by atoms with Crippen LogP contribution in [0.4, 0.5) is 5.82 Å². The van der Waals surface area contributed by atoms with Gasteiger partial charge >= 0.3 is 0 Å². The van der Waals surface area contributed by atoms with E-state index in [1.54, 1.807) is 0 Å². The van der Waals surface area contributed by atoms with Gasteiger partial charge in [-0.25, -0.2) is 9.97 Å². The number of anilines is 1. The smallest absolute Gasteiger partial charge is 0.135 e. The van der Waals surface area contributed by atoms with Gasteiger partial charge in [-0.1, -0.05) is 0 Å². The molecule has 1 aromatic heterocycles. The molecule has 1 fully saturated rings. The standard InChI is InChI=1S/C13H21N5/c1-14-13-10-4-6-18(2)8-11(10)16-12(17-13)9-3-5-15-7-9/h9,15H,3-8H2,1-2H3,(H,14,16,17)/t9-/m1/s1. The summed E-state index contributed by atoms with van der Waals surface area (Å²) in [6.07, 6.45) is 2.20. The van der Waals surface area contributed by atoms with Crippen molar-refractivity contribution in [3.05, 3.63) is 17.1 Å². The fourth-order valence-corrected chi connectivity index (χ4v) is 2.84. The molecule has 0 unspecified atom stereocenters. The van der Waals surface area contributed by atoms with E-state index in [2.05, 4.69) is 22.6 Å². The molecule has 1 atom stereocenters. The van der Waals surface area contributed by atoms with Crippen LogP contribution in [0.15, 0.2) is 0 Å². The van der Waals surface area contributed by atoms with E-state index in [1.807, 2.05) is 7.05 Å². The zero-order chi connectivity index (χ0) is 12.5. The van der Waals surface area contributed by atoms with Crippen LogP contribution in [0.5, 0.6) is 0 Å². The third-order valence-corrected chi connectivity index (χ3v) is 3.94. The minimum absolute atomic E-state index is 0.481. The molecule has 0 radical (unpaired) electrons. The summed E-state index contributed by atoms with van der Waals surface area (Å²) in [7, 11) is 4.11. The lowest BCUT2D eigenvalue weighted by Crippen LogP contribution is -2.29. The number of aromatic nitrogens is 2. The van der Waals surface area contributed by atoms with Crippen molar-refractivity contribution in [2.24, 2.45) is 0 Å². The van der Waals surface area contributed by atoms with Gasteiger partial charge in [0.1, 0.15) is 11.6 Å². The molecule has 0 amide bonds. The zero-order valence-electron chi connectivity index (χ0n) is 11.2. The van der Waals surface area contributed by atoms with Gasteiger partial charge in [0.05, 0.1) is 5.69 Å². The van der Waals surface area contributed by atoms with E-state index in [9.17, 15) is 0 Å². The predicted molar refractivity (Wildman–Crippen MR) is 71.8 cm³/mol. The van der Waals surface area contributed by atoms with Crippen molar-refractivity contribution in [2.45, 2.75) is 25.3 Å². The molecular weight excluding hydrogens is 226 g/mol. The van der Waals surface area contributed by atoms with Crippen molar-refractivity contribution in [3.8, 4) is 0 Å². The minimum atomic E-state index is 0.481. The summed E-state index contributed by atoms with van der Waals surface area (Å²) >= 11 is 0. The maximum atomic E-state index is 4.82. The molecule has 18 heavy (non-hydrogen) atoms. The van der Waals surface area contributed by atoms with Crippen LogP contribution in [0.2, 0.25) is 0 Å². The van der Waals surface area contributed by atoms with Crippen molar-refractivity contribution in [1.82, 2.24) is 20.2 Å². The van der Waals surface area contributed by atoms with Crippen molar-refractivity contribution in [3.63, 3.8) is 0 Å². The molecule has 0 saturated carbocycles. The molecule has 0 aliphatic carbocycles. The minimum Gasteiger partial charge on any atom is -0.373 e. The van der Waals surface area contributed by atoms with Crippen LogP contribution < -0.4 is 10.6 Å². The highest BCUT2D eigenvalue weighted by Crippen LogP contribution is 2.27. The van der Waals surface area contributed by atoms with Crippen LogP contribution in [0.25, 0.3) is 0 Å². The van der Waals surface area contributed by atoms with Gasteiger partial charge in [-0.3, -0.25) is 0 Å². The van der Waals surface area contributed by atoms with Gasteiger partial charge in [0.15, 0.2) is 0 Å². The van der Waals surface area contributed by atoms with E-state index in [1.165, 1.54) is 11.3 Å². The van der Waals surface area contributed by atoms with Crippen LogP contribution in [-0.2, 0) is 13.0 Å². The second-order valence-corrected chi connectivity index (χ2v) is 5.28. The summed E-state index contributed by atoms with van der Waals surface area (Å²) in [5.41, 5.74) is 2.52. The van der Waals surface area contributed by atoms with Crippen molar-refractivity contribution >= 4 is 5.82 Å². The molecule has 3 heterocycles. The molecule has 1 aromatic rings. The summed E-state index contributed by atoms with van der Waals surface area (Å²) in [5.74, 6) is 2.53. The van der Waals surface area contributed by atoms with Crippen LogP contribution >= 0.6 is 0 Å². The predicted octanol–water partition coefficient (Wildman–Crippen LogP) is 0.583. The van der Waals surface area contributed by atoms with E-state index in [0.717, 1.165) is 50.7 Å². The quantitative estimate of drug-likeness (QED) is 0.801. The molecule has 5 nitrogen and oxygen atoms in total. The number of fused-ring (bicyclic) bond motifs is 1. The number of nitrogens with one attached hydrogen (secondary N) is 2. The Morgan fingerprint density at radius 3 is 3.00 bits per heavy atom. The molecule has 2 N–H and O–H groups in total. The molecule has 5 heteroatoms. The third kappa shape index (κ3) is 2.08. The third-order valence-electron chi connectivity index (χ3n) is 3.94. The number of nitrogens with zero attached hydrogens (tertiary/aromatic N) is 3. The maximum absolute atomic E-state index is 4.82. The highest BCUT2D eigenvalue weighted by atomic mass is 15.1. The molecule has 0 spiro atoms. The second-order valence-electron chi connectivity index (χ2n) is 5.28. The highest BCUT2D eigenvalue weighted by Gasteiger charge is 2.24. The second kappa shape index (κ2) is 4.82.